The summed E-state index contributed by atoms with van der Waals surface area (Å²) in [6, 6.07) is 5.78. The Morgan fingerprint density at radius 1 is 1.42 bits per heavy atom. The van der Waals surface area contributed by atoms with Crippen molar-refractivity contribution in [2.45, 2.75) is 13.5 Å². The molecule has 0 atom stereocenters. The minimum absolute atomic E-state index is 0.152. The van der Waals surface area contributed by atoms with E-state index in [0.29, 0.717) is 11.4 Å². The number of aryl methyl sites for hydroxylation is 1. The number of rotatable bonds is 3. The van der Waals surface area contributed by atoms with Crippen molar-refractivity contribution in [3.63, 3.8) is 0 Å². The fraction of sp³-hybridized carbons (Fsp3) is 0.231. The van der Waals surface area contributed by atoms with E-state index in [0.717, 1.165) is 0 Å². The second-order valence-corrected chi connectivity index (χ2v) is 4.41. The molecule has 1 heterocycles. The van der Waals surface area contributed by atoms with Gasteiger partial charge >= 0.3 is 0 Å². The molecule has 0 aliphatic heterocycles. The smallest absolute Gasteiger partial charge is 0.255 e. The summed E-state index contributed by atoms with van der Waals surface area (Å²) in [5.74, 6) is 0.184. The quantitative estimate of drug-likeness (QED) is 0.812. The Hall–Kier alpha value is -1.88. The number of hydrogen-bond acceptors (Lipinski definition) is 3. The maximum Gasteiger partial charge on any atom is 0.255 e. The van der Waals surface area contributed by atoms with Gasteiger partial charge in [0.2, 0.25) is 0 Å². The van der Waals surface area contributed by atoms with Crippen molar-refractivity contribution in [1.82, 2.24) is 9.55 Å². The van der Waals surface area contributed by atoms with Gasteiger partial charge < -0.3 is 4.74 Å². The van der Waals surface area contributed by atoms with Crippen LogP contribution in [0, 0.1) is 12.7 Å². The van der Waals surface area contributed by atoms with Crippen molar-refractivity contribution in [2.75, 3.05) is 7.11 Å². The Bertz CT molecular complexity index is 670. The highest BCUT2D eigenvalue weighted by atomic mass is 35.5. The van der Waals surface area contributed by atoms with E-state index in [2.05, 4.69) is 4.98 Å². The van der Waals surface area contributed by atoms with Gasteiger partial charge in [0.25, 0.3) is 5.56 Å². The molecule has 100 valence electrons. The van der Waals surface area contributed by atoms with Gasteiger partial charge in [-0.25, -0.2) is 9.37 Å². The van der Waals surface area contributed by atoms with E-state index in [-0.39, 0.29) is 23.0 Å². The van der Waals surface area contributed by atoms with Crippen LogP contribution in [-0.4, -0.2) is 16.7 Å². The summed E-state index contributed by atoms with van der Waals surface area (Å²) in [6.45, 7) is 1.91. The molecule has 0 saturated carbocycles. The van der Waals surface area contributed by atoms with Crippen LogP contribution >= 0.6 is 11.6 Å². The highest BCUT2D eigenvalue weighted by Crippen LogP contribution is 2.18. The van der Waals surface area contributed by atoms with E-state index in [1.165, 1.54) is 29.9 Å². The number of nitrogens with zero attached hydrogens (tertiary/aromatic N) is 2. The molecular weight excluding hydrogens is 271 g/mol. The third-order valence-corrected chi connectivity index (χ3v) is 2.92. The third-order valence-electron chi connectivity index (χ3n) is 2.72. The molecular formula is C13H12ClFN2O2. The van der Waals surface area contributed by atoms with Crippen molar-refractivity contribution in [1.29, 1.82) is 0 Å². The average Bonchev–Trinajstić information content (AvgIpc) is 2.34. The number of aromatic nitrogens is 2. The van der Waals surface area contributed by atoms with Crippen LogP contribution in [0.4, 0.5) is 4.39 Å². The Kier molecular flexibility index (Phi) is 3.85. The summed E-state index contributed by atoms with van der Waals surface area (Å²) >= 11 is 5.69. The van der Waals surface area contributed by atoms with E-state index in [1.54, 1.807) is 13.0 Å². The standard InChI is InChI=1S/C13H12ClFN2O2/c1-8-16-12(14)6-13(18)17(8)7-9-3-4-11(19-2)10(15)5-9/h3-6H,7H2,1-2H3. The number of halogens is 2. The van der Waals surface area contributed by atoms with Gasteiger partial charge in [-0.2, -0.15) is 0 Å². The molecule has 6 heteroatoms. The molecule has 0 radical (unpaired) electrons. The maximum absolute atomic E-state index is 13.6. The normalized spacial score (nSPS) is 10.5. The zero-order valence-corrected chi connectivity index (χ0v) is 11.2. The van der Waals surface area contributed by atoms with Crippen LogP contribution in [0.15, 0.2) is 29.1 Å². The molecule has 19 heavy (non-hydrogen) atoms. The lowest BCUT2D eigenvalue weighted by Crippen LogP contribution is -2.23. The van der Waals surface area contributed by atoms with Crippen LogP contribution in [0.3, 0.4) is 0 Å². The van der Waals surface area contributed by atoms with E-state index < -0.39 is 5.82 Å². The molecule has 0 unspecified atom stereocenters. The molecule has 0 aliphatic rings. The van der Waals surface area contributed by atoms with Crippen LogP contribution < -0.4 is 10.3 Å². The van der Waals surface area contributed by atoms with Crippen LogP contribution in [0.1, 0.15) is 11.4 Å². The summed E-state index contributed by atoms with van der Waals surface area (Å²) in [6.07, 6.45) is 0. The molecule has 0 amide bonds. The maximum atomic E-state index is 13.6. The van der Waals surface area contributed by atoms with Crippen LogP contribution in [-0.2, 0) is 6.54 Å². The van der Waals surface area contributed by atoms with Crippen molar-refractivity contribution in [2.24, 2.45) is 0 Å². The number of ether oxygens (including phenoxy) is 1. The topological polar surface area (TPSA) is 44.1 Å². The summed E-state index contributed by atoms with van der Waals surface area (Å²) in [5, 5.41) is 0.152. The van der Waals surface area contributed by atoms with Gasteiger partial charge in [-0.05, 0) is 24.6 Å². The lowest BCUT2D eigenvalue weighted by molar-refractivity contribution is 0.386. The molecule has 1 aromatic heterocycles. The minimum atomic E-state index is -0.465. The van der Waals surface area contributed by atoms with Crippen molar-refractivity contribution in [3.8, 4) is 5.75 Å². The average molecular weight is 283 g/mol. The number of hydrogen-bond donors (Lipinski definition) is 0. The van der Waals surface area contributed by atoms with Crippen molar-refractivity contribution >= 4 is 11.6 Å². The summed E-state index contributed by atoms with van der Waals surface area (Å²) in [4.78, 5) is 15.8. The highest BCUT2D eigenvalue weighted by molar-refractivity contribution is 6.29. The predicted molar refractivity (Wildman–Crippen MR) is 70.3 cm³/mol. The van der Waals surface area contributed by atoms with Crippen LogP contribution in [0.2, 0.25) is 5.15 Å². The fourth-order valence-corrected chi connectivity index (χ4v) is 1.99. The molecule has 0 saturated heterocycles. The molecule has 2 rings (SSSR count). The van der Waals surface area contributed by atoms with Gasteiger partial charge in [-0.3, -0.25) is 9.36 Å². The molecule has 2 aromatic rings. The van der Waals surface area contributed by atoms with Gasteiger partial charge in [0, 0.05) is 6.07 Å². The number of benzene rings is 1. The van der Waals surface area contributed by atoms with Gasteiger partial charge in [0.1, 0.15) is 11.0 Å². The molecule has 0 aliphatic carbocycles. The van der Waals surface area contributed by atoms with Gasteiger partial charge in [0.15, 0.2) is 11.6 Å². The fourth-order valence-electron chi connectivity index (χ4n) is 1.77. The Morgan fingerprint density at radius 2 is 2.16 bits per heavy atom. The Morgan fingerprint density at radius 3 is 2.74 bits per heavy atom. The minimum Gasteiger partial charge on any atom is -0.494 e. The molecule has 4 nitrogen and oxygen atoms in total. The van der Waals surface area contributed by atoms with E-state index in [1.807, 2.05) is 0 Å². The Labute approximate surface area is 114 Å². The third kappa shape index (κ3) is 2.93. The molecule has 0 N–H and O–H groups in total. The largest absolute Gasteiger partial charge is 0.494 e. The van der Waals surface area contributed by atoms with Gasteiger partial charge in [-0.15, -0.1) is 0 Å². The van der Waals surface area contributed by atoms with Crippen LogP contribution in [0.25, 0.3) is 0 Å². The van der Waals surface area contributed by atoms with Gasteiger partial charge in [-0.1, -0.05) is 17.7 Å². The second-order valence-electron chi connectivity index (χ2n) is 4.02. The van der Waals surface area contributed by atoms with Gasteiger partial charge in [0.05, 0.1) is 13.7 Å². The monoisotopic (exact) mass is 282 g/mol. The van der Waals surface area contributed by atoms with Crippen LogP contribution in [0.5, 0.6) is 5.75 Å². The van der Waals surface area contributed by atoms with E-state index >= 15 is 0 Å². The van der Waals surface area contributed by atoms with Crippen molar-refractivity contribution in [3.05, 3.63) is 57.0 Å². The summed E-state index contributed by atoms with van der Waals surface area (Å²) in [5.41, 5.74) is 0.376. The van der Waals surface area contributed by atoms with Crippen molar-refractivity contribution < 1.29 is 9.13 Å². The lowest BCUT2D eigenvalue weighted by Gasteiger charge is -2.10. The second kappa shape index (κ2) is 5.40. The zero-order chi connectivity index (χ0) is 14.0. The molecule has 0 bridgehead atoms. The zero-order valence-electron chi connectivity index (χ0n) is 10.5. The molecule has 1 aromatic carbocycles. The number of methoxy groups -OCH3 is 1. The summed E-state index contributed by atoms with van der Waals surface area (Å²) in [7, 11) is 1.40. The Balaban J connectivity index is 2.37. The first-order chi connectivity index (χ1) is 9.01. The predicted octanol–water partition coefficient (Wildman–Crippen LogP) is 2.40. The molecule has 0 spiro atoms. The highest BCUT2D eigenvalue weighted by Gasteiger charge is 2.07. The van der Waals surface area contributed by atoms with E-state index in [4.69, 9.17) is 16.3 Å². The lowest BCUT2D eigenvalue weighted by atomic mass is 10.2. The first kappa shape index (κ1) is 13.5. The first-order valence-electron chi connectivity index (χ1n) is 5.57. The molecule has 0 fully saturated rings. The van der Waals surface area contributed by atoms with E-state index in [9.17, 15) is 9.18 Å². The first-order valence-corrected chi connectivity index (χ1v) is 5.95. The summed E-state index contributed by atoms with van der Waals surface area (Å²) < 4.78 is 19.8. The SMILES string of the molecule is COc1ccc(Cn2c(C)nc(Cl)cc2=O)cc1F.